The molecule has 2 N–H and O–H groups in total. The van der Waals surface area contributed by atoms with Crippen LogP contribution in [0.3, 0.4) is 0 Å². The number of carbonyl (C=O) groups excluding carboxylic acids is 2. The predicted molar refractivity (Wildman–Crippen MR) is 160 cm³/mol. The van der Waals surface area contributed by atoms with Crippen molar-refractivity contribution in [2.45, 2.75) is 30.3 Å². The maximum absolute atomic E-state index is 14.2. The Morgan fingerprint density at radius 3 is 2.64 bits per heavy atom. The van der Waals surface area contributed by atoms with E-state index in [0.717, 1.165) is 17.5 Å². The zero-order valence-corrected chi connectivity index (χ0v) is 24.6. The van der Waals surface area contributed by atoms with Crippen LogP contribution in [0.15, 0.2) is 64.1 Å². The molecule has 0 aliphatic carbocycles. The quantitative estimate of drug-likeness (QED) is 0.271. The molecule has 0 fully saturated rings. The van der Waals surface area contributed by atoms with Gasteiger partial charge in [0.1, 0.15) is 17.4 Å². The van der Waals surface area contributed by atoms with Crippen molar-refractivity contribution in [3.63, 3.8) is 0 Å². The molecule has 2 heterocycles. The molecule has 0 radical (unpaired) electrons. The van der Waals surface area contributed by atoms with E-state index in [-0.39, 0.29) is 44.9 Å². The maximum Gasteiger partial charge on any atom is 0.326 e. The lowest BCUT2D eigenvalue weighted by molar-refractivity contribution is -0.139. The number of hydrogen-bond donors (Lipinski definition) is 2. The highest BCUT2D eigenvalue weighted by molar-refractivity contribution is 7.99. The Labute approximate surface area is 251 Å². The lowest BCUT2D eigenvalue weighted by Crippen LogP contribution is -2.43. The highest BCUT2D eigenvalue weighted by atomic mass is 35.5. The average Bonchev–Trinajstić information content (AvgIpc) is 3.39. The van der Waals surface area contributed by atoms with Gasteiger partial charge in [-0.3, -0.25) is 13.8 Å². The number of carboxylic acids is 1. The minimum absolute atomic E-state index is 0.0116. The number of nitrogens with zero attached hydrogens (tertiary/aromatic N) is 1. The summed E-state index contributed by atoms with van der Waals surface area (Å²) in [4.78, 5) is 40.3. The van der Waals surface area contributed by atoms with Crippen LogP contribution in [0.2, 0.25) is 10.0 Å². The molecule has 218 valence electrons. The van der Waals surface area contributed by atoms with Crippen LogP contribution < -0.4 is 5.32 Å². The Hall–Kier alpha value is -3.86. The molecule has 8 nitrogen and oxygen atoms in total. The van der Waals surface area contributed by atoms with E-state index in [1.165, 1.54) is 12.3 Å². The first kappa shape index (κ1) is 29.6. The van der Waals surface area contributed by atoms with Gasteiger partial charge in [-0.05, 0) is 81.0 Å². The first-order valence-electron chi connectivity index (χ1n) is 12.7. The highest BCUT2D eigenvalue weighted by Crippen LogP contribution is 2.35. The van der Waals surface area contributed by atoms with Gasteiger partial charge >= 0.3 is 5.97 Å². The molecular weight excluding hydrogens is 606 g/mol. The van der Waals surface area contributed by atoms with Crippen molar-refractivity contribution in [1.29, 1.82) is 0 Å². The van der Waals surface area contributed by atoms with Crippen molar-refractivity contribution in [3.8, 4) is 0 Å². The van der Waals surface area contributed by atoms with Gasteiger partial charge < -0.3 is 19.7 Å². The number of amides is 2. The van der Waals surface area contributed by atoms with Crippen LogP contribution >= 0.6 is 23.2 Å². The number of rotatable bonds is 7. The smallest absolute Gasteiger partial charge is 0.326 e. The number of benzene rings is 3. The minimum Gasteiger partial charge on any atom is -0.480 e. The van der Waals surface area contributed by atoms with Crippen LogP contribution in [0, 0.1) is 5.82 Å². The standard InChI is InChI=1S/C30H25Cl2FN2O6S/c1-42(2,40)21-10-16(9-20(33)14-21)11-24(30(38)39)34-28(36)26-23(31)12-19-15-35(7-5-22(19)27(26)32)29(37)18-4-3-17-6-8-41-25(17)13-18/h3-4,6,8-10,12-14,24H,1,5,7,11,15H2,2H3,(H,34,36)(H,38,39)/t24-,42?/m0/s1. The second-order valence-corrected chi connectivity index (χ2v) is 13.5. The second-order valence-electron chi connectivity index (χ2n) is 10.2. The van der Waals surface area contributed by atoms with Crippen LogP contribution in [0.4, 0.5) is 4.39 Å². The molecule has 1 aromatic heterocycles. The van der Waals surface area contributed by atoms with Gasteiger partial charge in [0.15, 0.2) is 0 Å². The second kappa shape index (κ2) is 11.4. The van der Waals surface area contributed by atoms with Crippen molar-refractivity contribution in [1.82, 2.24) is 10.2 Å². The fourth-order valence-electron chi connectivity index (χ4n) is 4.96. The van der Waals surface area contributed by atoms with Crippen molar-refractivity contribution < 1.29 is 32.5 Å². The van der Waals surface area contributed by atoms with E-state index in [1.807, 2.05) is 12.1 Å². The van der Waals surface area contributed by atoms with E-state index in [2.05, 4.69) is 11.2 Å². The topological polar surface area (TPSA) is 117 Å². The van der Waals surface area contributed by atoms with Crippen molar-refractivity contribution >= 4 is 67.3 Å². The summed E-state index contributed by atoms with van der Waals surface area (Å²) in [7, 11) is -2.76. The number of carbonyl (C=O) groups is 3. The maximum atomic E-state index is 14.2. The fourth-order valence-corrected chi connectivity index (χ4v) is 6.48. The van der Waals surface area contributed by atoms with Gasteiger partial charge in [0.25, 0.3) is 11.8 Å². The van der Waals surface area contributed by atoms with Gasteiger partial charge in [0.05, 0.1) is 21.9 Å². The monoisotopic (exact) mass is 630 g/mol. The first-order chi connectivity index (χ1) is 19.8. The molecular formula is C30H25Cl2FN2O6S. The third kappa shape index (κ3) is 6.01. The minimum atomic E-state index is -2.76. The molecule has 2 atom stereocenters. The van der Waals surface area contributed by atoms with Gasteiger partial charge in [-0.1, -0.05) is 29.3 Å². The lowest BCUT2D eigenvalue weighted by Gasteiger charge is -2.30. The van der Waals surface area contributed by atoms with E-state index >= 15 is 0 Å². The van der Waals surface area contributed by atoms with E-state index in [0.29, 0.717) is 35.2 Å². The number of fused-ring (bicyclic) bond motifs is 2. The van der Waals surface area contributed by atoms with Gasteiger partial charge in [-0.15, -0.1) is 0 Å². The Morgan fingerprint density at radius 1 is 1.17 bits per heavy atom. The number of halogens is 3. The van der Waals surface area contributed by atoms with E-state index in [1.54, 1.807) is 29.4 Å². The molecule has 0 saturated carbocycles. The molecule has 1 unspecified atom stereocenters. The lowest BCUT2D eigenvalue weighted by atomic mass is 9.95. The van der Waals surface area contributed by atoms with E-state index in [4.69, 9.17) is 27.6 Å². The molecule has 5 rings (SSSR count). The van der Waals surface area contributed by atoms with Crippen LogP contribution in [0.5, 0.6) is 0 Å². The average molecular weight is 632 g/mol. The summed E-state index contributed by atoms with van der Waals surface area (Å²) in [5.41, 5.74) is 2.49. The van der Waals surface area contributed by atoms with Crippen LogP contribution in [-0.4, -0.2) is 56.7 Å². The number of aliphatic carboxylic acids is 1. The SMILES string of the molecule is C=S(C)(=O)c1cc(F)cc(C[C@H](NC(=O)c2c(Cl)cc3c(c2Cl)CCN(C(=O)c2ccc4ccoc4c2)C3)C(=O)O)c1. The molecule has 3 aromatic carbocycles. The Kier molecular flexibility index (Phi) is 8.06. The molecule has 12 heteroatoms. The summed E-state index contributed by atoms with van der Waals surface area (Å²) in [6.07, 6.45) is 2.95. The van der Waals surface area contributed by atoms with Gasteiger partial charge in [0, 0.05) is 41.6 Å². The summed E-state index contributed by atoms with van der Waals surface area (Å²) in [6, 6.07) is 10.7. The molecule has 0 spiro atoms. The number of nitrogens with one attached hydrogen (secondary N) is 1. The molecule has 1 aliphatic heterocycles. The summed E-state index contributed by atoms with van der Waals surface area (Å²) < 4.78 is 31.9. The molecule has 42 heavy (non-hydrogen) atoms. The Balaban J connectivity index is 1.36. The summed E-state index contributed by atoms with van der Waals surface area (Å²) in [5.74, 6) is 0.449. The number of furan rings is 1. The number of hydrogen-bond acceptors (Lipinski definition) is 5. The predicted octanol–water partition coefficient (Wildman–Crippen LogP) is 5.21. The van der Waals surface area contributed by atoms with Crippen LogP contribution in [0.1, 0.15) is 37.4 Å². The summed E-state index contributed by atoms with van der Waals surface area (Å²) >= 11 is 13.1. The van der Waals surface area contributed by atoms with Crippen molar-refractivity contribution in [2.24, 2.45) is 0 Å². The zero-order chi connectivity index (χ0) is 30.3. The molecule has 0 saturated heterocycles. The number of carboxylic acid groups (broad SMARTS) is 1. The molecule has 0 bridgehead atoms. The third-order valence-electron chi connectivity index (χ3n) is 7.10. The Bertz CT molecular complexity index is 1870. The van der Waals surface area contributed by atoms with E-state index in [9.17, 15) is 28.1 Å². The normalized spacial score (nSPS) is 15.1. The highest BCUT2D eigenvalue weighted by Gasteiger charge is 2.30. The van der Waals surface area contributed by atoms with Gasteiger partial charge in [-0.2, -0.15) is 0 Å². The third-order valence-corrected chi connectivity index (χ3v) is 9.04. The Morgan fingerprint density at radius 2 is 1.93 bits per heavy atom. The van der Waals surface area contributed by atoms with Crippen molar-refractivity contribution in [2.75, 3.05) is 12.8 Å². The largest absolute Gasteiger partial charge is 0.480 e. The summed E-state index contributed by atoms with van der Waals surface area (Å²) in [5, 5.41) is 13.2. The van der Waals surface area contributed by atoms with E-state index < -0.39 is 33.3 Å². The van der Waals surface area contributed by atoms with Crippen molar-refractivity contribution in [3.05, 3.63) is 98.5 Å². The van der Waals surface area contributed by atoms with Crippen LogP contribution in [0.25, 0.3) is 11.0 Å². The van der Waals surface area contributed by atoms with Crippen LogP contribution in [-0.2, 0) is 33.7 Å². The fraction of sp³-hybridized carbons (Fsp3) is 0.200. The summed E-state index contributed by atoms with van der Waals surface area (Å²) in [6.45, 7) is 0.537. The first-order valence-corrected chi connectivity index (χ1v) is 15.6. The van der Waals surface area contributed by atoms with Gasteiger partial charge in [0.2, 0.25) is 0 Å². The molecule has 4 aromatic rings. The molecule has 2 amide bonds. The zero-order valence-electron chi connectivity index (χ0n) is 22.3. The van der Waals surface area contributed by atoms with Gasteiger partial charge in [-0.25, -0.2) is 9.18 Å². The molecule has 1 aliphatic rings.